The first-order valence-electron chi connectivity index (χ1n) is 11.0. The van der Waals surface area contributed by atoms with E-state index in [-0.39, 0.29) is 19.3 Å². The largest absolute Gasteiger partial charge is 0.378 e. The minimum Gasteiger partial charge on any atom is -0.378 e. The van der Waals surface area contributed by atoms with Crippen molar-refractivity contribution in [2.24, 2.45) is 5.92 Å². The van der Waals surface area contributed by atoms with Crippen molar-refractivity contribution in [3.63, 3.8) is 0 Å². The quantitative estimate of drug-likeness (QED) is 0.611. The van der Waals surface area contributed by atoms with Gasteiger partial charge in [-0.15, -0.1) is 0 Å². The molecule has 0 amide bonds. The average Bonchev–Trinajstić information content (AvgIpc) is 2.83. The zero-order valence-electron chi connectivity index (χ0n) is 18.0. The van der Waals surface area contributed by atoms with Gasteiger partial charge < -0.3 is 20.3 Å². The Hall–Kier alpha value is -2.49. The molecule has 2 fully saturated rings. The lowest BCUT2D eigenvalue weighted by molar-refractivity contribution is 0.122. The minimum absolute atomic E-state index is 0. The number of piperidine rings is 1. The zero-order chi connectivity index (χ0) is 21.0. The van der Waals surface area contributed by atoms with Crippen LogP contribution in [-0.2, 0) is 4.74 Å². The number of pyridine rings is 1. The van der Waals surface area contributed by atoms with Crippen molar-refractivity contribution in [1.29, 1.82) is 0 Å². The summed E-state index contributed by atoms with van der Waals surface area (Å²) in [4.78, 5) is 15.8. The van der Waals surface area contributed by atoms with E-state index in [9.17, 15) is 4.39 Å². The van der Waals surface area contributed by atoms with Crippen LogP contribution in [0.4, 0.5) is 15.9 Å². The van der Waals surface area contributed by atoms with Crippen molar-refractivity contribution < 1.29 is 9.13 Å². The predicted molar refractivity (Wildman–Crippen MR) is 130 cm³/mol. The third-order valence-corrected chi connectivity index (χ3v) is 6.01. The normalized spacial score (nSPS) is 18.9. The van der Waals surface area contributed by atoms with E-state index < -0.39 is 0 Å². The highest BCUT2D eigenvalue weighted by Crippen LogP contribution is 2.29. The van der Waals surface area contributed by atoms with Gasteiger partial charge in [0.1, 0.15) is 11.3 Å². The molecule has 170 valence electrons. The molecule has 2 saturated heterocycles. The van der Waals surface area contributed by atoms with Crippen LogP contribution in [0.25, 0.3) is 22.3 Å². The Morgan fingerprint density at radius 1 is 1.16 bits per heavy atom. The number of fused-ring (bicyclic) bond motifs is 1. The van der Waals surface area contributed by atoms with Gasteiger partial charge in [-0.2, -0.15) is 13.5 Å². The summed E-state index contributed by atoms with van der Waals surface area (Å²) in [7, 11) is 0. The molecule has 2 aliphatic heterocycles. The molecule has 32 heavy (non-hydrogen) atoms. The highest BCUT2D eigenvalue weighted by molar-refractivity contribution is 7.59. The molecule has 0 unspecified atom stereocenters. The summed E-state index contributed by atoms with van der Waals surface area (Å²) < 4.78 is 20.3. The van der Waals surface area contributed by atoms with Gasteiger partial charge in [-0.25, -0.2) is 14.4 Å². The van der Waals surface area contributed by atoms with Crippen molar-refractivity contribution in [3.8, 4) is 11.3 Å². The highest BCUT2D eigenvalue weighted by atomic mass is 32.1. The lowest BCUT2D eigenvalue weighted by Gasteiger charge is -2.29. The first-order chi connectivity index (χ1) is 15.3. The summed E-state index contributed by atoms with van der Waals surface area (Å²) in [6, 6.07) is 7.19. The van der Waals surface area contributed by atoms with Gasteiger partial charge in [0.2, 0.25) is 0 Å². The van der Waals surface area contributed by atoms with Gasteiger partial charge in [-0.3, -0.25) is 4.98 Å². The lowest BCUT2D eigenvalue weighted by Crippen LogP contribution is -2.36. The van der Waals surface area contributed by atoms with E-state index in [4.69, 9.17) is 9.72 Å². The van der Waals surface area contributed by atoms with Crippen LogP contribution in [0.1, 0.15) is 12.8 Å². The number of nitrogens with zero attached hydrogens (tertiary/aromatic N) is 4. The van der Waals surface area contributed by atoms with Gasteiger partial charge in [-0.1, -0.05) is 6.07 Å². The van der Waals surface area contributed by atoms with E-state index >= 15 is 0 Å². The molecular weight excluding hydrogens is 427 g/mol. The summed E-state index contributed by atoms with van der Waals surface area (Å²) in [6.45, 7) is 5.55. The molecule has 9 heteroatoms. The van der Waals surface area contributed by atoms with Crippen molar-refractivity contribution >= 4 is 36.0 Å². The number of aromatic nitrogens is 3. The van der Waals surface area contributed by atoms with Gasteiger partial charge in [0.25, 0.3) is 0 Å². The summed E-state index contributed by atoms with van der Waals surface area (Å²) in [5, 5.41) is 6.92. The molecule has 0 bridgehead atoms. The molecule has 3 aromatic rings. The number of rotatable bonds is 5. The number of morpholine rings is 1. The second-order valence-electron chi connectivity index (χ2n) is 8.14. The molecule has 0 spiro atoms. The third kappa shape index (κ3) is 4.95. The fourth-order valence-corrected chi connectivity index (χ4v) is 4.31. The van der Waals surface area contributed by atoms with Gasteiger partial charge in [-0.05, 0) is 50.0 Å². The molecule has 0 saturated carbocycles. The summed E-state index contributed by atoms with van der Waals surface area (Å²) in [5.41, 5.74) is 3.50. The minimum atomic E-state index is -0.247. The summed E-state index contributed by atoms with van der Waals surface area (Å²) in [6.07, 6.45) is 5.73. The van der Waals surface area contributed by atoms with Crippen LogP contribution in [0.3, 0.4) is 0 Å². The van der Waals surface area contributed by atoms with Crippen LogP contribution in [0.5, 0.6) is 0 Å². The van der Waals surface area contributed by atoms with Crippen LogP contribution in [0.15, 0.2) is 36.7 Å². The molecule has 0 aliphatic carbocycles. The van der Waals surface area contributed by atoms with E-state index in [1.807, 2.05) is 23.1 Å². The molecule has 2 aliphatic rings. The summed E-state index contributed by atoms with van der Waals surface area (Å²) >= 11 is 0. The molecule has 2 N–H and O–H groups in total. The number of hydrogen-bond acceptors (Lipinski definition) is 7. The van der Waals surface area contributed by atoms with Crippen LogP contribution in [-0.4, -0.2) is 60.9 Å². The number of benzene rings is 1. The predicted octanol–water partition coefficient (Wildman–Crippen LogP) is 3.19. The maximum atomic E-state index is 15.0. The molecular formula is C23H29FN6OS. The van der Waals surface area contributed by atoms with Crippen LogP contribution >= 0.6 is 13.5 Å². The Labute approximate surface area is 194 Å². The Balaban J connectivity index is 0.00000245. The van der Waals surface area contributed by atoms with Crippen molar-refractivity contribution in [2.45, 2.75) is 12.8 Å². The van der Waals surface area contributed by atoms with Crippen molar-refractivity contribution in [3.05, 3.63) is 42.5 Å². The molecule has 7 nitrogen and oxygen atoms in total. The van der Waals surface area contributed by atoms with Crippen LogP contribution in [0, 0.1) is 11.7 Å². The first kappa shape index (κ1) is 22.7. The Morgan fingerprint density at radius 2 is 2.00 bits per heavy atom. The standard InChI is InChI=1S/C23H27FN6O.H2S/c24-18-12-17(3-4-21(18)30-8-10-31-11-9-30)19-13-20-22(27-7-6-26-20)23(29-19)28-15-16-2-1-5-25-14-16;/h3-4,6-7,12-13,16,25H,1-2,5,8-11,14-15H2,(H,28,29);1H2/t16-;/m0./s1. The Kier molecular flexibility index (Phi) is 7.39. The van der Waals surface area contributed by atoms with Gasteiger partial charge in [0, 0.05) is 37.6 Å². The second kappa shape index (κ2) is 10.4. The van der Waals surface area contributed by atoms with E-state index in [0.29, 0.717) is 49.4 Å². The van der Waals surface area contributed by atoms with Gasteiger partial charge >= 0.3 is 0 Å². The molecule has 4 heterocycles. The third-order valence-electron chi connectivity index (χ3n) is 6.01. The number of ether oxygens (including phenoxy) is 1. The lowest BCUT2D eigenvalue weighted by atomic mass is 10.00. The van der Waals surface area contributed by atoms with Gasteiger partial charge in [0.05, 0.1) is 30.1 Å². The molecule has 1 atom stereocenters. The topological polar surface area (TPSA) is 75.2 Å². The van der Waals surface area contributed by atoms with Gasteiger partial charge in [0.15, 0.2) is 5.82 Å². The van der Waals surface area contributed by atoms with Crippen molar-refractivity contribution in [2.75, 3.05) is 56.2 Å². The molecule has 5 rings (SSSR count). The number of halogens is 1. The Morgan fingerprint density at radius 3 is 2.78 bits per heavy atom. The number of nitrogens with one attached hydrogen (secondary N) is 2. The molecule has 0 radical (unpaired) electrons. The molecule has 1 aromatic carbocycles. The van der Waals surface area contributed by atoms with Crippen LogP contribution in [0.2, 0.25) is 0 Å². The van der Waals surface area contributed by atoms with E-state index in [1.54, 1.807) is 18.5 Å². The first-order valence-corrected chi connectivity index (χ1v) is 11.0. The van der Waals surface area contributed by atoms with Crippen LogP contribution < -0.4 is 15.5 Å². The summed E-state index contributed by atoms with van der Waals surface area (Å²) in [5.74, 6) is 1.00. The van der Waals surface area contributed by atoms with E-state index in [1.165, 1.54) is 12.8 Å². The zero-order valence-corrected chi connectivity index (χ0v) is 19.0. The van der Waals surface area contributed by atoms with E-state index in [0.717, 1.165) is 36.2 Å². The SMILES string of the molecule is Fc1cc(-c2cc3nccnc3c(NC[C@H]3CCCNC3)n2)ccc1N1CCOCC1.S. The molecule has 2 aromatic heterocycles. The van der Waals surface area contributed by atoms with Crippen molar-refractivity contribution in [1.82, 2.24) is 20.3 Å². The highest BCUT2D eigenvalue weighted by Gasteiger charge is 2.18. The maximum Gasteiger partial charge on any atom is 0.154 e. The Bertz CT molecular complexity index is 1060. The fraction of sp³-hybridized carbons (Fsp3) is 0.435. The van der Waals surface area contributed by atoms with E-state index in [2.05, 4.69) is 20.6 Å². The number of anilines is 2. The average molecular weight is 457 g/mol. The second-order valence-corrected chi connectivity index (χ2v) is 8.14. The number of hydrogen-bond donors (Lipinski definition) is 2. The smallest absolute Gasteiger partial charge is 0.154 e. The fourth-order valence-electron chi connectivity index (χ4n) is 4.31. The maximum absolute atomic E-state index is 15.0. The monoisotopic (exact) mass is 456 g/mol.